The Labute approximate surface area is 151 Å². The minimum Gasteiger partial charge on any atom is -0.351 e. The number of nitrogens with zero attached hydrogens (tertiary/aromatic N) is 4. The van der Waals surface area contributed by atoms with Crippen molar-refractivity contribution in [2.45, 2.75) is 51.1 Å². The number of benzene rings is 1. The van der Waals surface area contributed by atoms with Crippen molar-refractivity contribution in [3.05, 3.63) is 29.3 Å². The molecule has 2 fully saturated rings. The molecule has 2 aliphatic rings. The molecule has 25 heavy (non-hydrogen) atoms. The van der Waals surface area contributed by atoms with Gasteiger partial charge in [0.1, 0.15) is 0 Å². The van der Waals surface area contributed by atoms with Crippen molar-refractivity contribution < 1.29 is 4.79 Å². The second-order valence-corrected chi connectivity index (χ2v) is 7.51. The molecule has 0 radical (unpaired) electrons. The molecule has 2 aliphatic carbocycles. The third-order valence-corrected chi connectivity index (χ3v) is 5.32. The van der Waals surface area contributed by atoms with Gasteiger partial charge >= 0.3 is 0 Å². The molecule has 0 bridgehead atoms. The van der Waals surface area contributed by atoms with E-state index in [1.54, 1.807) is 12.1 Å². The van der Waals surface area contributed by atoms with Gasteiger partial charge in [-0.3, -0.25) is 4.79 Å². The lowest BCUT2D eigenvalue weighted by molar-refractivity contribution is -0.126. The van der Waals surface area contributed by atoms with Crippen molar-refractivity contribution in [2.75, 3.05) is 0 Å². The molecule has 2 aromatic rings. The zero-order valence-corrected chi connectivity index (χ0v) is 15.0. The van der Waals surface area contributed by atoms with Gasteiger partial charge in [0.25, 0.3) is 0 Å². The van der Waals surface area contributed by atoms with Crippen molar-refractivity contribution in [3.63, 3.8) is 0 Å². The molecule has 1 unspecified atom stereocenters. The Bertz CT molecular complexity index is 739. The van der Waals surface area contributed by atoms with E-state index in [0.29, 0.717) is 35.1 Å². The number of tetrazole rings is 1. The first-order valence-corrected chi connectivity index (χ1v) is 9.39. The Morgan fingerprint density at radius 1 is 1.24 bits per heavy atom. The van der Waals surface area contributed by atoms with E-state index >= 15 is 0 Å². The number of nitrogens with one attached hydrogen (secondary N) is 1. The van der Waals surface area contributed by atoms with E-state index in [0.717, 1.165) is 5.56 Å². The summed E-state index contributed by atoms with van der Waals surface area (Å²) >= 11 is 5.91. The highest BCUT2D eigenvalue weighted by Crippen LogP contribution is 2.44. The van der Waals surface area contributed by atoms with Gasteiger partial charge in [0, 0.05) is 16.6 Å². The fourth-order valence-electron chi connectivity index (χ4n) is 3.32. The molecule has 1 atom stereocenters. The highest BCUT2D eigenvalue weighted by Gasteiger charge is 2.43. The van der Waals surface area contributed by atoms with E-state index in [1.165, 1.54) is 30.5 Å². The first-order chi connectivity index (χ1) is 12.2. The minimum atomic E-state index is -0.423. The van der Waals surface area contributed by atoms with Gasteiger partial charge in [-0.25, -0.2) is 0 Å². The van der Waals surface area contributed by atoms with Crippen LogP contribution in [0.2, 0.25) is 5.02 Å². The molecule has 1 aromatic heterocycles. The Morgan fingerprint density at radius 3 is 2.44 bits per heavy atom. The number of amides is 1. The van der Waals surface area contributed by atoms with Gasteiger partial charge in [-0.15, -0.1) is 10.2 Å². The summed E-state index contributed by atoms with van der Waals surface area (Å²) in [5.74, 6) is 1.85. The van der Waals surface area contributed by atoms with Crippen molar-refractivity contribution >= 4 is 17.5 Å². The van der Waals surface area contributed by atoms with Gasteiger partial charge in [0.05, 0.1) is 0 Å². The molecule has 1 heterocycles. The summed E-state index contributed by atoms with van der Waals surface area (Å²) in [4.78, 5) is 14.2. The van der Waals surface area contributed by atoms with Crippen LogP contribution in [0.5, 0.6) is 0 Å². The second kappa shape index (κ2) is 6.75. The topological polar surface area (TPSA) is 72.7 Å². The molecule has 0 saturated heterocycles. The van der Waals surface area contributed by atoms with E-state index in [9.17, 15) is 4.79 Å². The number of rotatable bonds is 7. The largest absolute Gasteiger partial charge is 0.351 e. The van der Waals surface area contributed by atoms with Crippen LogP contribution in [0.25, 0.3) is 11.4 Å². The number of hydrogen-bond donors (Lipinski definition) is 1. The maximum atomic E-state index is 12.8. The van der Waals surface area contributed by atoms with Crippen LogP contribution in [0.3, 0.4) is 0 Å². The smallest absolute Gasteiger partial charge is 0.247 e. The highest BCUT2D eigenvalue weighted by atomic mass is 35.5. The van der Waals surface area contributed by atoms with Gasteiger partial charge in [0.2, 0.25) is 11.7 Å². The van der Waals surface area contributed by atoms with Crippen molar-refractivity contribution in [1.82, 2.24) is 25.5 Å². The van der Waals surface area contributed by atoms with Crippen LogP contribution in [-0.2, 0) is 4.79 Å². The quantitative estimate of drug-likeness (QED) is 0.823. The van der Waals surface area contributed by atoms with Crippen LogP contribution < -0.4 is 5.32 Å². The van der Waals surface area contributed by atoms with E-state index in [4.69, 9.17) is 11.6 Å². The second-order valence-electron chi connectivity index (χ2n) is 7.07. The van der Waals surface area contributed by atoms with Crippen molar-refractivity contribution in [3.8, 4) is 11.4 Å². The summed E-state index contributed by atoms with van der Waals surface area (Å²) in [7, 11) is 0. The number of carbonyl (C=O) groups excluding carboxylic acids is 1. The fraction of sp³-hybridized carbons (Fsp3) is 0.556. The van der Waals surface area contributed by atoms with Gasteiger partial charge in [-0.2, -0.15) is 4.80 Å². The monoisotopic (exact) mass is 359 g/mol. The van der Waals surface area contributed by atoms with Crippen molar-refractivity contribution in [2.24, 2.45) is 11.8 Å². The number of halogens is 1. The van der Waals surface area contributed by atoms with Crippen LogP contribution in [0.1, 0.15) is 45.1 Å². The van der Waals surface area contributed by atoms with E-state index in [1.807, 2.05) is 19.1 Å². The molecular formula is C18H22ClN5O. The van der Waals surface area contributed by atoms with Crippen LogP contribution in [0.15, 0.2) is 24.3 Å². The molecule has 2 saturated carbocycles. The lowest BCUT2D eigenvalue weighted by Crippen LogP contribution is -2.42. The van der Waals surface area contributed by atoms with E-state index < -0.39 is 6.04 Å². The van der Waals surface area contributed by atoms with Gasteiger partial charge in [0.15, 0.2) is 6.04 Å². The zero-order chi connectivity index (χ0) is 17.4. The predicted octanol–water partition coefficient (Wildman–Crippen LogP) is 3.25. The maximum Gasteiger partial charge on any atom is 0.247 e. The number of carbonyl (C=O) groups is 1. The third kappa shape index (κ3) is 3.68. The van der Waals surface area contributed by atoms with E-state index in [-0.39, 0.29) is 5.91 Å². The van der Waals surface area contributed by atoms with Crippen LogP contribution in [0, 0.1) is 11.8 Å². The lowest BCUT2D eigenvalue weighted by Gasteiger charge is -2.21. The highest BCUT2D eigenvalue weighted by molar-refractivity contribution is 6.30. The Hall–Kier alpha value is -1.95. The molecule has 1 N–H and O–H groups in total. The van der Waals surface area contributed by atoms with Gasteiger partial charge in [-0.1, -0.05) is 18.5 Å². The fourth-order valence-corrected chi connectivity index (χ4v) is 3.44. The zero-order valence-electron chi connectivity index (χ0n) is 14.2. The number of aromatic nitrogens is 4. The summed E-state index contributed by atoms with van der Waals surface area (Å²) < 4.78 is 0. The molecule has 0 spiro atoms. The molecule has 1 amide bonds. The lowest BCUT2D eigenvalue weighted by atomic mass is 10.1. The Balaban J connectivity index is 1.48. The van der Waals surface area contributed by atoms with Crippen LogP contribution in [-0.4, -0.2) is 32.2 Å². The third-order valence-electron chi connectivity index (χ3n) is 5.07. The molecule has 0 aliphatic heterocycles. The molecule has 132 valence electrons. The summed E-state index contributed by atoms with van der Waals surface area (Å²) in [6.45, 7) is 1.97. The molecule has 7 heteroatoms. The van der Waals surface area contributed by atoms with Crippen LogP contribution >= 0.6 is 11.6 Å². The normalized spacial score (nSPS) is 18.4. The molecular weight excluding hydrogens is 338 g/mol. The Morgan fingerprint density at radius 2 is 1.88 bits per heavy atom. The predicted molar refractivity (Wildman–Crippen MR) is 95.0 cm³/mol. The summed E-state index contributed by atoms with van der Waals surface area (Å²) in [5, 5.41) is 16.6. The van der Waals surface area contributed by atoms with Crippen LogP contribution in [0.4, 0.5) is 0 Å². The first kappa shape index (κ1) is 16.5. The molecule has 6 nitrogen and oxygen atoms in total. The number of hydrogen-bond acceptors (Lipinski definition) is 4. The summed E-state index contributed by atoms with van der Waals surface area (Å²) in [5.41, 5.74) is 0.833. The summed E-state index contributed by atoms with van der Waals surface area (Å²) in [6, 6.07) is 7.19. The average Bonchev–Trinajstić information content (AvgIpc) is 3.53. The standard InChI is InChI=1S/C18H22ClN5O/c1-2-15(18(25)20-16(11-3-4-11)12-5-6-12)24-22-17(21-23-24)13-7-9-14(19)10-8-13/h7-12,15-16H,2-6H2,1H3,(H,20,25). The SMILES string of the molecule is CCC(C(=O)NC(C1CC1)C1CC1)n1nnc(-c2ccc(Cl)cc2)n1. The molecule has 4 rings (SSSR count). The minimum absolute atomic E-state index is 0.00589. The Kier molecular flexibility index (Phi) is 4.46. The average molecular weight is 360 g/mol. The molecule has 1 aromatic carbocycles. The van der Waals surface area contributed by atoms with Gasteiger partial charge in [-0.05, 0) is 73.4 Å². The summed E-state index contributed by atoms with van der Waals surface area (Å²) in [6.07, 6.45) is 5.58. The first-order valence-electron chi connectivity index (χ1n) is 9.01. The van der Waals surface area contributed by atoms with Crippen molar-refractivity contribution in [1.29, 1.82) is 0 Å². The van der Waals surface area contributed by atoms with Gasteiger partial charge < -0.3 is 5.32 Å². The maximum absolute atomic E-state index is 12.8. The van der Waals surface area contributed by atoms with E-state index in [2.05, 4.69) is 20.7 Å².